The fraction of sp³-hybridized carbons (Fsp3) is 0.500. The first-order valence-corrected chi connectivity index (χ1v) is 7.21. The number of nitrogens with one attached hydrogen (secondary N) is 1. The fourth-order valence-electron chi connectivity index (χ4n) is 3.74. The van der Waals surface area contributed by atoms with Gasteiger partial charge in [-0.05, 0) is 12.1 Å². The second kappa shape index (κ2) is 4.59. The molecule has 1 aromatic rings. The van der Waals surface area contributed by atoms with Crippen molar-refractivity contribution in [1.29, 1.82) is 21.2 Å². The molecule has 2 saturated heterocycles. The summed E-state index contributed by atoms with van der Waals surface area (Å²) >= 11 is 0. The monoisotopic (exact) mass is 310 g/mol. The highest BCUT2D eigenvalue weighted by molar-refractivity contribution is 5.89. The highest BCUT2D eigenvalue weighted by atomic mass is 16.7. The Morgan fingerprint density at radius 1 is 1.26 bits per heavy atom. The van der Waals surface area contributed by atoms with Crippen LogP contribution in [0.4, 0.5) is 0 Å². The molecule has 1 aromatic heterocycles. The minimum atomic E-state index is -1.94. The van der Waals surface area contributed by atoms with Crippen LogP contribution in [0.15, 0.2) is 22.8 Å². The summed E-state index contributed by atoms with van der Waals surface area (Å²) in [5.41, 5.74) is -3.66. The molecule has 0 spiro atoms. The standard InChI is InChI=1S/C16H14N4O3/c1-3-16-10(2)15(9-19,13(20)23-16)14(7-17,8-18)12(22-16)11-5-4-6-21-11/h4-6,10,12,20H,3H2,1-2H3/t10-,12+,15+,16+/m1/s1. The topological polar surface area (TPSA) is 127 Å². The fourth-order valence-corrected chi connectivity index (χ4v) is 3.74. The maximum Gasteiger partial charge on any atom is 0.217 e. The zero-order valence-corrected chi connectivity index (χ0v) is 12.7. The van der Waals surface area contributed by atoms with E-state index in [1.165, 1.54) is 6.26 Å². The molecule has 2 fully saturated rings. The van der Waals surface area contributed by atoms with E-state index < -0.39 is 34.5 Å². The van der Waals surface area contributed by atoms with E-state index in [0.717, 1.165) is 0 Å². The summed E-state index contributed by atoms with van der Waals surface area (Å²) in [6.45, 7) is 3.48. The number of nitriles is 3. The lowest BCUT2D eigenvalue weighted by atomic mass is 9.54. The second-order valence-corrected chi connectivity index (χ2v) is 5.78. The molecule has 4 atom stereocenters. The van der Waals surface area contributed by atoms with E-state index in [-0.39, 0.29) is 5.76 Å². The van der Waals surface area contributed by atoms with Crippen molar-refractivity contribution >= 4 is 5.90 Å². The summed E-state index contributed by atoms with van der Waals surface area (Å²) < 4.78 is 17.0. The average molecular weight is 310 g/mol. The lowest BCUT2D eigenvalue weighted by Gasteiger charge is -2.47. The minimum Gasteiger partial charge on any atom is -0.466 e. The Bertz CT molecular complexity index is 768. The Labute approximate surface area is 133 Å². The first-order valence-electron chi connectivity index (χ1n) is 7.21. The van der Waals surface area contributed by atoms with Crippen molar-refractivity contribution < 1.29 is 13.9 Å². The van der Waals surface area contributed by atoms with E-state index in [1.54, 1.807) is 19.1 Å². The largest absolute Gasteiger partial charge is 0.466 e. The molecule has 7 nitrogen and oxygen atoms in total. The van der Waals surface area contributed by atoms with Crippen LogP contribution in [0.2, 0.25) is 0 Å². The number of rotatable bonds is 2. The molecule has 3 heterocycles. The van der Waals surface area contributed by atoms with Crippen LogP contribution < -0.4 is 0 Å². The number of fused-ring (bicyclic) bond motifs is 2. The number of nitrogens with zero attached hydrogens (tertiary/aromatic N) is 3. The van der Waals surface area contributed by atoms with Crippen LogP contribution in [0.5, 0.6) is 0 Å². The van der Waals surface area contributed by atoms with Gasteiger partial charge in [-0.3, -0.25) is 5.41 Å². The van der Waals surface area contributed by atoms with Gasteiger partial charge in [0.05, 0.1) is 30.4 Å². The Morgan fingerprint density at radius 2 is 1.96 bits per heavy atom. The van der Waals surface area contributed by atoms with Gasteiger partial charge in [-0.25, -0.2) is 0 Å². The van der Waals surface area contributed by atoms with Crippen molar-refractivity contribution in [2.75, 3.05) is 0 Å². The molecule has 116 valence electrons. The quantitative estimate of drug-likeness (QED) is 0.894. The molecule has 0 radical (unpaired) electrons. The molecule has 2 aliphatic rings. The van der Waals surface area contributed by atoms with Gasteiger partial charge in [-0.2, -0.15) is 15.8 Å². The molecule has 0 aromatic carbocycles. The van der Waals surface area contributed by atoms with Gasteiger partial charge in [0.25, 0.3) is 0 Å². The summed E-state index contributed by atoms with van der Waals surface area (Å²) in [6, 6.07) is 9.11. The number of furan rings is 1. The molecule has 0 unspecified atom stereocenters. The molecule has 1 N–H and O–H groups in total. The second-order valence-electron chi connectivity index (χ2n) is 5.78. The molecule has 3 rings (SSSR count). The van der Waals surface area contributed by atoms with E-state index >= 15 is 0 Å². The molecule has 2 bridgehead atoms. The van der Waals surface area contributed by atoms with Gasteiger partial charge < -0.3 is 13.9 Å². The molecule has 23 heavy (non-hydrogen) atoms. The Kier molecular flexibility index (Phi) is 3.01. The van der Waals surface area contributed by atoms with Gasteiger partial charge in [0.1, 0.15) is 5.76 Å². The number of ether oxygens (including phenoxy) is 2. The summed E-state index contributed by atoms with van der Waals surface area (Å²) in [4.78, 5) is 0. The summed E-state index contributed by atoms with van der Waals surface area (Å²) in [7, 11) is 0. The van der Waals surface area contributed by atoms with E-state index in [9.17, 15) is 15.8 Å². The lowest BCUT2D eigenvalue weighted by molar-refractivity contribution is -0.283. The normalized spacial score (nSPS) is 37.3. The van der Waals surface area contributed by atoms with Crippen LogP contribution in [0.3, 0.4) is 0 Å². The van der Waals surface area contributed by atoms with Crippen molar-refractivity contribution in [2.24, 2.45) is 16.7 Å². The van der Waals surface area contributed by atoms with Crippen LogP contribution in [-0.4, -0.2) is 11.7 Å². The Morgan fingerprint density at radius 3 is 2.43 bits per heavy atom. The van der Waals surface area contributed by atoms with Crippen LogP contribution in [0.1, 0.15) is 32.1 Å². The molecule has 0 saturated carbocycles. The molecule has 0 aliphatic carbocycles. The lowest BCUT2D eigenvalue weighted by Crippen LogP contribution is -2.58. The number of hydrogen-bond acceptors (Lipinski definition) is 7. The summed E-state index contributed by atoms with van der Waals surface area (Å²) in [5, 5.41) is 37.7. The highest BCUT2D eigenvalue weighted by Gasteiger charge is 2.79. The van der Waals surface area contributed by atoms with Crippen molar-refractivity contribution in [1.82, 2.24) is 0 Å². The van der Waals surface area contributed by atoms with Crippen molar-refractivity contribution in [2.45, 2.75) is 32.2 Å². The zero-order chi connectivity index (χ0) is 16.9. The molecule has 2 aliphatic heterocycles. The van der Waals surface area contributed by atoms with Crippen LogP contribution in [0.25, 0.3) is 0 Å². The average Bonchev–Trinajstić information content (AvgIpc) is 3.14. The van der Waals surface area contributed by atoms with Crippen LogP contribution >= 0.6 is 0 Å². The Hall–Kier alpha value is -2.82. The highest BCUT2D eigenvalue weighted by Crippen LogP contribution is 2.66. The molecule has 0 amide bonds. The molecular formula is C16H14N4O3. The number of hydrogen-bond donors (Lipinski definition) is 1. The van der Waals surface area contributed by atoms with Gasteiger partial charge >= 0.3 is 0 Å². The summed E-state index contributed by atoms with van der Waals surface area (Å²) in [6.07, 6.45) is 0.651. The van der Waals surface area contributed by atoms with E-state index in [0.29, 0.717) is 6.42 Å². The maximum atomic E-state index is 9.87. The summed E-state index contributed by atoms with van der Waals surface area (Å²) in [5.74, 6) is -2.02. The van der Waals surface area contributed by atoms with Gasteiger partial charge in [-0.15, -0.1) is 0 Å². The van der Waals surface area contributed by atoms with Gasteiger partial charge in [-0.1, -0.05) is 13.8 Å². The van der Waals surface area contributed by atoms with E-state index in [2.05, 4.69) is 0 Å². The first kappa shape index (κ1) is 15.1. The van der Waals surface area contributed by atoms with E-state index in [4.69, 9.17) is 19.3 Å². The van der Waals surface area contributed by atoms with Crippen LogP contribution in [-0.2, 0) is 9.47 Å². The SMILES string of the molecule is CC[C@]12OC(=N)[C@](C#N)([C@H]1C)C(C#N)(C#N)[C@H](c1ccco1)O2. The third-order valence-corrected chi connectivity index (χ3v) is 5.10. The van der Waals surface area contributed by atoms with Gasteiger partial charge in [0.2, 0.25) is 17.1 Å². The van der Waals surface area contributed by atoms with Gasteiger partial charge in [0.15, 0.2) is 11.5 Å². The third kappa shape index (κ3) is 1.42. The zero-order valence-electron chi connectivity index (χ0n) is 12.7. The minimum absolute atomic E-state index is 0.260. The predicted molar refractivity (Wildman–Crippen MR) is 75.2 cm³/mol. The molecular weight excluding hydrogens is 296 g/mol. The predicted octanol–water partition coefficient (Wildman–Crippen LogP) is 2.64. The van der Waals surface area contributed by atoms with Crippen molar-refractivity contribution in [3.05, 3.63) is 24.2 Å². The first-order chi connectivity index (χ1) is 11.0. The van der Waals surface area contributed by atoms with E-state index in [1.807, 2.05) is 25.1 Å². The Balaban J connectivity index is 2.35. The van der Waals surface area contributed by atoms with Crippen LogP contribution in [0, 0.1) is 56.2 Å². The smallest absolute Gasteiger partial charge is 0.217 e. The van der Waals surface area contributed by atoms with Crippen molar-refractivity contribution in [3.63, 3.8) is 0 Å². The van der Waals surface area contributed by atoms with Gasteiger partial charge in [0, 0.05) is 6.42 Å². The maximum absolute atomic E-state index is 9.87. The van der Waals surface area contributed by atoms with Crippen molar-refractivity contribution in [3.8, 4) is 18.2 Å². The molecule has 7 heteroatoms. The third-order valence-electron chi connectivity index (χ3n) is 5.10.